The lowest BCUT2D eigenvalue weighted by Crippen LogP contribution is -2.27. The fourth-order valence-electron chi connectivity index (χ4n) is 2.59. The molecule has 0 rings (SSSR count). The summed E-state index contributed by atoms with van der Waals surface area (Å²) in [4.78, 5) is 21.3. The maximum Gasteiger partial charge on any atom is 0.472 e. The van der Waals surface area contributed by atoms with Gasteiger partial charge in [0.25, 0.3) is 0 Å². The predicted octanol–water partition coefficient (Wildman–Crippen LogP) is 5.46. The second kappa shape index (κ2) is 24.6. The molecule has 0 aliphatic rings. The van der Waals surface area contributed by atoms with Crippen LogP contribution in [0.2, 0.25) is 0 Å². The van der Waals surface area contributed by atoms with Crippen LogP contribution in [-0.2, 0) is 23.1 Å². The quantitative estimate of drug-likeness (QED) is 0.0966. The van der Waals surface area contributed by atoms with E-state index in [0.717, 1.165) is 38.5 Å². The van der Waals surface area contributed by atoms with Crippen LogP contribution in [0.4, 0.5) is 0 Å². The van der Waals surface area contributed by atoms with Gasteiger partial charge in [0, 0.05) is 13.0 Å². The molecule has 0 aliphatic heterocycles. The van der Waals surface area contributed by atoms with E-state index in [0.29, 0.717) is 6.42 Å². The van der Waals surface area contributed by atoms with Crippen LogP contribution in [0.1, 0.15) is 58.3 Å². The van der Waals surface area contributed by atoms with Crippen molar-refractivity contribution >= 4 is 13.8 Å². The highest BCUT2D eigenvalue weighted by Gasteiger charge is 2.24. The lowest BCUT2D eigenvalue weighted by molar-refractivity contribution is -0.153. The summed E-state index contributed by atoms with van der Waals surface area (Å²) in [6.45, 7) is 1.04. The Hall–Kier alpha value is -2.06. The molecule has 204 valence electrons. The van der Waals surface area contributed by atoms with Gasteiger partial charge < -0.3 is 20.5 Å². The van der Waals surface area contributed by atoms with Gasteiger partial charge in [-0.25, -0.2) is 4.57 Å². The Bertz CT molecular complexity index is 772. The highest BCUT2D eigenvalue weighted by atomic mass is 31.2. The molecule has 0 saturated heterocycles. The number of phosphoric acid groups is 1. The molecule has 0 aromatic carbocycles. The molecule has 0 radical (unpaired) electrons. The molecule has 9 heteroatoms. The summed E-state index contributed by atoms with van der Waals surface area (Å²) in [6.07, 6.45) is 30.5. The van der Waals surface area contributed by atoms with Crippen molar-refractivity contribution in [3.8, 4) is 0 Å². The standard InChI is InChI=1S/C27H44NO7P/c1-2-3-4-5-6-7-8-9-10-11-12-13-14-15-16-17-18-19-20-21-27(30)35-26(24-29)25-34-36(31,32)33-23-22-28/h3-4,6-7,9-10,12-13,15-16,18-19,26,29H,2,5,8,11,14,17,20-25,28H2,1H3,(H,31,32)/b4-3-,7-6-,10-9-,13-12-,16-15-,19-18+/t26-/m1/s1. The van der Waals surface area contributed by atoms with Crippen LogP contribution < -0.4 is 5.73 Å². The third-order valence-corrected chi connectivity index (χ3v) is 5.39. The number of aliphatic hydroxyl groups is 1. The highest BCUT2D eigenvalue weighted by Crippen LogP contribution is 2.42. The van der Waals surface area contributed by atoms with Gasteiger partial charge >= 0.3 is 13.8 Å². The van der Waals surface area contributed by atoms with E-state index in [1.165, 1.54) is 0 Å². The maximum atomic E-state index is 11.9. The Kier molecular flexibility index (Phi) is 23.2. The van der Waals surface area contributed by atoms with E-state index in [1.54, 1.807) is 0 Å². The molecule has 36 heavy (non-hydrogen) atoms. The van der Waals surface area contributed by atoms with Gasteiger partial charge in [0.05, 0.1) is 19.8 Å². The van der Waals surface area contributed by atoms with E-state index in [4.69, 9.17) is 15.0 Å². The van der Waals surface area contributed by atoms with E-state index in [2.05, 4.69) is 72.2 Å². The smallest absolute Gasteiger partial charge is 0.457 e. The van der Waals surface area contributed by atoms with E-state index in [1.807, 2.05) is 12.2 Å². The van der Waals surface area contributed by atoms with Gasteiger partial charge in [-0.15, -0.1) is 0 Å². The Morgan fingerprint density at radius 1 is 0.833 bits per heavy atom. The molecule has 2 atom stereocenters. The molecule has 0 aliphatic carbocycles. The van der Waals surface area contributed by atoms with Crippen LogP contribution >= 0.6 is 7.82 Å². The Labute approximate surface area is 216 Å². The molecule has 8 nitrogen and oxygen atoms in total. The molecule has 1 unspecified atom stereocenters. The van der Waals surface area contributed by atoms with Crippen LogP contribution in [0.3, 0.4) is 0 Å². The normalized spacial score (nSPS) is 15.3. The average Bonchev–Trinajstić information content (AvgIpc) is 2.86. The largest absolute Gasteiger partial charge is 0.472 e. The number of carbonyl (C=O) groups excluding carboxylic acids is 1. The van der Waals surface area contributed by atoms with Gasteiger partial charge in [0.15, 0.2) is 0 Å². The maximum absolute atomic E-state index is 11.9. The van der Waals surface area contributed by atoms with Crippen LogP contribution in [0.25, 0.3) is 0 Å². The first kappa shape index (κ1) is 33.9. The summed E-state index contributed by atoms with van der Waals surface area (Å²) in [6, 6.07) is 0. The zero-order valence-corrected chi connectivity index (χ0v) is 22.3. The fourth-order valence-corrected chi connectivity index (χ4v) is 3.36. The predicted molar refractivity (Wildman–Crippen MR) is 145 cm³/mol. The lowest BCUT2D eigenvalue weighted by atomic mass is 10.2. The number of hydrogen-bond acceptors (Lipinski definition) is 7. The van der Waals surface area contributed by atoms with Crippen molar-refractivity contribution < 1.29 is 33.1 Å². The molecule has 0 aromatic rings. The highest BCUT2D eigenvalue weighted by molar-refractivity contribution is 7.47. The first-order valence-electron chi connectivity index (χ1n) is 12.5. The third-order valence-electron chi connectivity index (χ3n) is 4.41. The van der Waals surface area contributed by atoms with Gasteiger partial charge in [-0.05, 0) is 44.9 Å². The van der Waals surface area contributed by atoms with Crippen LogP contribution in [-0.4, -0.2) is 48.4 Å². The number of carbonyl (C=O) groups is 1. The summed E-state index contributed by atoms with van der Waals surface area (Å²) in [5.41, 5.74) is 5.19. The van der Waals surface area contributed by atoms with Crippen molar-refractivity contribution in [3.05, 3.63) is 72.9 Å². The molecular weight excluding hydrogens is 481 g/mol. The summed E-state index contributed by atoms with van der Waals surface area (Å²) in [7, 11) is -4.29. The van der Waals surface area contributed by atoms with Crippen molar-refractivity contribution in [2.45, 2.75) is 64.4 Å². The minimum atomic E-state index is -4.29. The Balaban J connectivity index is 3.87. The van der Waals surface area contributed by atoms with Gasteiger partial charge in [0.1, 0.15) is 6.10 Å². The first-order chi connectivity index (χ1) is 17.4. The summed E-state index contributed by atoms with van der Waals surface area (Å²) >= 11 is 0. The molecule has 0 aromatic heterocycles. The summed E-state index contributed by atoms with van der Waals surface area (Å²) in [5, 5.41) is 9.26. The number of phosphoric ester groups is 1. The average molecular weight is 526 g/mol. The Morgan fingerprint density at radius 3 is 1.75 bits per heavy atom. The summed E-state index contributed by atoms with van der Waals surface area (Å²) in [5.74, 6) is -0.534. The van der Waals surface area contributed by atoms with Crippen LogP contribution in [0.5, 0.6) is 0 Å². The topological polar surface area (TPSA) is 128 Å². The van der Waals surface area contributed by atoms with E-state index in [-0.39, 0.29) is 19.6 Å². The van der Waals surface area contributed by atoms with E-state index >= 15 is 0 Å². The van der Waals surface area contributed by atoms with Gasteiger partial charge in [-0.1, -0.05) is 79.8 Å². The minimum absolute atomic E-state index is 0.0565. The Morgan fingerprint density at radius 2 is 1.31 bits per heavy atom. The van der Waals surface area contributed by atoms with E-state index in [9.17, 15) is 19.4 Å². The van der Waals surface area contributed by atoms with Crippen molar-refractivity contribution in [2.24, 2.45) is 5.73 Å². The molecule has 4 N–H and O–H groups in total. The molecule has 0 heterocycles. The molecule has 0 spiro atoms. The third kappa shape index (κ3) is 23.7. The zero-order valence-electron chi connectivity index (χ0n) is 21.5. The minimum Gasteiger partial charge on any atom is -0.457 e. The van der Waals surface area contributed by atoms with Crippen LogP contribution in [0, 0.1) is 0 Å². The molecule has 0 amide bonds. The monoisotopic (exact) mass is 525 g/mol. The molecule has 0 bridgehead atoms. The van der Waals surface area contributed by atoms with Crippen molar-refractivity contribution in [2.75, 3.05) is 26.4 Å². The van der Waals surface area contributed by atoms with Crippen molar-refractivity contribution in [1.29, 1.82) is 0 Å². The van der Waals surface area contributed by atoms with Gasteiger partial charge in [0.2, 0.25) is 0 Å². The number of rotatable bonds is 22. The number of nitrogens with two attached hydrogens (primary N) is 1. The van der Waals surface area contributed by atoms with Gasteiger partial charge in [-0.2, -0.15) is 0 Å². The first-order valence-corrected chi connectivity index (χ1v) is 14.0. The zero-order chi connectivity index (χ0) is 26.7. The fraction of sp³-hybridized carbons (Fsp3) is 0.519. The molecular formula is C27H44NO7P. The number of aliphatic hydroxyl groups excluding tert-OH is 1. The van der Waals surface area contributed by atoms with Crippen molar-refractivity contribution in [3.63, 3.8) is 0 Å². The summed E-state index contributed by atoms with van der Waals surface area (Å²) < 4.78 is 25.9. The second-order valence-electron chi connectivity index (χ2n) is 7.63. The van der Waals surface area contributed by atoms with Crippen molar-refractivity contribution in [1.82, 2.24) is 0 Å². The van der Waals surface area contributed by atoms with Crippen LogP contribution in [0.15, 0.2) is 72.9 Å². The second-order valence-corrected chi connectivity index (χ2v) is 9.09. The van der Waals surface area contributed by atoms with Gasteiger partial charge in [-0.3, -0.25) is 13.8 Å². The number of esters is 1. The number of allylic oxidation sites excluding steroid dienone is 12. The number of hydrogen-bond donors (Lipinski definition) is 3. The SMILES string of the molecule is CC/C=C\C/C=C\C/C=C\C/C=C\C/C=C\C/C=C/CCC(=O)O[C@H](CO)COP(=O)(O)OCCN. The number of ether oxygens (including phenoxy) is 1. The molecule has 0 saturated carbocycles. The lowest BCUT2D eigenvalue weighted by Gasteiger charge is -2.17. The molecule has 0 fully saturated rings. The van der Waals surface area contributed by atoms with E-state index < -0.39 is 33.1 Å².